The summed E-state index contributed by atoms with van der Waals surface area (Å²) >= 11 is 0. The second kappa shape index (κ2) is 7.47. The summed E-state index contributed by atoms with van der Waals surface area (Å²) in [5, 5.41) is 14.0. The van der Waals surface area contributed by atoms with Crippen LogP contribution in [0.2, 0.25) is 0 Å². The fourth-order valence-corrected chi connectivity index (χ4v) is 2.88. The summed E-state index contributed by atoms with van der Waals surface area (Å²) in [6.07, 6.45) is 1.58. The molecule has 0 unspecified atom stereocenters. The number of amides is 1. The largest absolute Gasteiger partial charge is 0.378 e. The Kier molecular flexibility index (Phi) is 4.70. The molecule has 9 heteroatoms. The third-order valence-electron chi connectivity index (χ3n) is 4.37. The minimum Gasteiger partial charge on any atom is -0.378 e. The van der Waals surface area contributed by atoms with Crippen LogP contribution in [0.25, 0.3) is 10.9 Å². The lowest BCUT2D eigenvalue weighted by atomic mass is 10.1. The summed E-state index contributed by atoms with van der Waals surface area (Å²) < 4.78 is 0. The van der Waals surface area contributed by atoms with Gasteiger partial charge in [-0.15, -0.1) is 0 Å². The summed E-state index contributed by atoms with van der Waals surface area (Å²) in [6, 6.07) is 14.7. The van der Waals surface area contributed by atoms with Gasteiger partial charge in [-0.1, -0.05) is 6.07 Å². The first-order valence-corrected chi connectivity index (χ1v) is 8.92. The number of carbonyl (C=O) groups excluding carboxylic acids is 1. The van der Waals surface area contributed by atoms with E-state index in [9.17, 15) is 4.79 Å². The molecule has 2 aromatic carbocycles. The van der Waals surface area contributed by atoms with E-state index in [0.717, 1.165) is 22.3 Å². The van der Waals surface area contributed by atoms with E-state index in [2.05, 4.69) is 30.8 Å². The van der Waals surface area contributed by atoms with Crippen LogP contribution >= 0.6 is 0 Å². The molecule has 0 fully saturated rings. The van der Waals surface area contributed by atoms with Crippen molar-refractivity contribution in [3.8, 4) is 0 Å². The molecule has 0 saturated heterocycles. The molecule has 0 radical (unpaired) electrons. The maximum absolute atomic E-state index is 12.7. The molecule has 5 N–H and O–H groups in total. The van der Waals surface area contributed by atoms with Gasteiger partial charge in [-0.05, 0) is 42.5 Å². The lowest BCUT2D eigenvalue weighted by molar-refractivity contribution is 0.102. The Bertz CT molecular complexity index is 1180. The minimum atomic E-state index is -0.232. The van der Waals surface area contributed by atoms with Gasteiger partial charge in [-0.3, -0.25) is 9.89 Å². The number of nitrogens with zero attached hydrogens (tertiary/aromatic N) is 4. The molecule has 0 aliphatic heterocycles. The summed E-state index contributed by atoms with van der Waals surface area (Å²) in [5.41, 5.74) is 8.70. The number of hydrogen-bond acceptors (Lipinski definition) is 7. The molecule has 146 valence electrons. The van der Waals surface area contributed by atoms with Crippen LogP contribution in [0.1, 0.15) is 10.4 Å². The summed E-state index contributed by atoms with van der Waals surface area (Å²) in [5.74, 6) is 0.980. The van der Waals surface area contributed by atoms with Gasteiger partial charge >= 0.3 is 0 Å². The molecule has 2 heterocycles. The third-order valence-corrected chi connectivity index (χ3v) is 4.37. The van der Waals surface area contributed by atoms with Crippen LogP contribution in [0, 0.1) is 0 Å². The molecule has 4 rings (SSSR count). The topological polar surface area (TPSA) is 125 Å². The Morgan fingerprint density at radius 1 is 1.14 bits per heavy atom. The fourth-order valence-electron chi connectivity index (χ4n) is 2.88. The lowest BCUT2D eigenvalue weighted by Gasteiger charge is -2.13. The van der Waals surface area contributed by atoms with Crippen LogP contribution in [0.15, 0.2) is 54.7 Å². The number of benzene rings is 2. The van der Waals surface area contributed by atoms with E-state index < -0.39 is 0 Å². The molecule has 1 amide bonds. The standard InChI is InChI=1S/C20H20N8O/c1-28(2)14-5-3-4-12(10-14)19(29)25-18-15-11-13(6-7-16(15)26-27-18)23-17-8-9-22-20(21)24-17/h3-11H,1-2H3,(H3,21,22,23,24)(H2,25,26,27,29). The zero-order chi connectivity index (χ0) is 20.4. The number of fused-ring (bicyclic) bond motifs is 1. The molecule has 0 saturated carbocycles. The zero-order valence-corrected chi connectivity index (χ0v) is 16.0. The van der Waals surface area contributed by atoms with Gasteiger partial charge in [-0.25, -0.2) is 4.98 Å². The predicted molar refractivity (Wildman–Crippen MR) is 115 cm³/mol. The summed E-state index contributed by atoms with van der Waals surface area (Å²) in [4.78, 5) is 22.7. The average Bonchev–Trinajstić information content (AvgIpc) is 3.10. The number of nitrogens with one attached hydrogen (secondary N) is 3. The van der Waals surface area contributed by atoms with Gasteiger partial charge < -0.3 is 21.3 Å². The molecule has 0 aliphatic carbocycles. The van der Waals surface area contributed by atoms with E-state index in [1.807, 2.05) is 55.4 Å². The Balaban J connectivity index is 1.59. The number of aromatic nitrogens is 4. The number of carbonyl (C=O) groups is 1. The Morgan fingerprint density at radius 3 is 2.79 bits per heavy atom. The fraction of sp³-hybridized carbons (Fsp3) is 0.100. The predicted octanol–water partition coefficient (Wildman–Crippen LogP) is 3.00. The Morgan fingerprint density at radius 2 is 2.00 bits per heavy atom. The number of H-pyrrole nitrogens is 1. The lowest BCUT2D eigenvalue weighted by Crippen LogP contribution is -2.14. The van der Waals surface area contributed by atoms with Gasteiger partial charge in [-0.2, -0.15) is 10.1 Å². The van der Waals surface area contributed by atoms with E-state index in [4.69, 9.17) is 5.73 Å². The zero-order valence-electron chi connectivity index (χ0n) is 16.0. The molecule has 0 bridgehead atoms. The monoisotopic (exact) mass is 388 g/mol. The van der Waals surface area contributed by atoms with Gasteiger partial charge in [0.2, 0.25) is 5.95 Å². The number of hydrogen-bond donors (Lipinski definition) is 4. The Labute approximate surface area is 167 Å². The van der Waals surface area contributed by atoms with E-state index >= 15 is 0 Å². The molecular formula is C20H20N8O. The van der Waals surface area contributed by atoms with Gasteiger partial charge in [0, 0.05) is 42.6 Å². The van der Waals surface area contributed by atoms with Crippen molar-refractivity contribution >= 4 is 45.8 Å². The highest BCUT2D eigenvalue weighted by Crippen LogP contribution is 2.26. The van der Waals surface area contributed by atoms with Gasteiger partial charge in [0.1, 0.15) is 5.82 Å². The smallest absolute Gasteiger partial charge is 0.256 e. The highest BCUT2D eigenvalue weighted by atomic mass is 16.1. The number of nitrogens with two attached hydrogens (primary N) is 1. The maximum Gasteiger partial charge on any atom is 0.256 e. The Hall–Kier alpha value is -4.14. The van der Waals surface area contributed by atoms with Gasteiger partial charge in [0.15, 0.2) is 5.82 Å². The van der Waals surface area contributed by atoms with Crippen molar-refractivity contribution in [3.05, 3.63) is 60.3 Å². The summed E-state index contributed by atoms with van der Waals surface area (Å²) in [7, 11) is 3.86. The number of anilines is 5. The first kappa shape index (κ1) is 18.2. The summed E-state index contributed by atoms with van der Waals surface area (Å²) in [6.45, 7) is 0. The van der Waals surface area contributed by atoms with Gasteiger partial charge in [0.05, 0.1) is 5.52 Å². The minimum absolute atomic E-state index is 0.187. The van der Waals surface area contributed by atoms with Crippen molar-refractivity contribution in [2.45, 2.75) is 0 Å². The van der Waals surface area contributed by atoms with Crippen LogP contribution in [0.5, 0.6) is 0 Å². The van der Waals surface area contributed by atoms with Crippen LogP contribution in [-0.4, -0.2) is 40.2 Å². The van der Waals surface area contributed by atoms with E-state index in [0.29, 0.717) is 17.2 Å². The molecule has 2 aromatic heterocycles. The van der Waals surface area contributed by atoms with Crippen molar-refractivity contribution < 1.29 is 4.79 Å². The molecule has 0 atom stereocenters. The first-order chi connectivity index (χ1) is 14.0. The third kappa shape index (κ3) is 3.93. The van der Waals surface area contributed by atoms with Crippen LogP contribution in [0.3, 0.4) is 0 Å². The van der Waals surface area contributed by atoms with Crippen LogP contribution in [0.4, 0.5) is 29.0 Å². The number of rotatable bonds is 5. The van der Waals surface area contributed by atoms with Gasteiger partial charge in [0.25, 0.3) is 5.91 Å². The maximum atomic E-state index is 12.7. The highest BCUT2D eigenvalue weighted by Gasteiger charge is 2.13. The molecule has 29 heavy (non-hydrogen) atoms. The molecule has 0 spiro atoms. The van der Waals surface area contributed by atoms with E-state index in [1.54, 1.807) is 18.3 Å². The van der Waals surface area contributed by atoms with Crippen molar-refractivity contribution in [1.82, 2.24) is 20.2 Å². The SMILES string of the molecule is CN(C)c1cccc(C(=O)Nc2n[nH]c3ccc(Nc4ccnc(N)n4)cc23)c1. The quantitative estimate of drug-likeness (QED) is 0.414. The van der Waals surface area contributed by atoms with Crippen LogP contribution in [-0.2, 0) is 0 Å². The van der Waals surface area contributed by atoms with Crippen molar-refractivity contribution in [3.63, 3.8) is 0 Å². The first-order valence-electron chi connectivity index (χ1n) is 8.92. The second-order valence-corrected chi connectivity index (χ2v) is 6.66. The van der Waals surface area contributed by atoms with E-state index in [1.165, 1.54) is 0 Å². The van der Waals surface area contributed by atoms with Crippen LogP contribution < -0.4 is 21.3 Å². The number of aromatic amines is 1. The molecule has 4 aromatic rings. The molecule has 0 aliphatic rings. The molecular weight excluding hydrogens is 368 g/mol. The average molecular weight is 388 g/mol. The second-order valence-electron chi connectivity index (χ2n) is 6.66. The molecule has 9 nitrogen and oxygen atoms in total. The number of nitrogen functional groups attached to an aromatic ring is 1. The van der Waals surface area contributed by atoms with E-state index in [-0.39, 0.29) is 11.9 Å². The van der Waals surface area contributed by atoms with Crippen molar-refractivity contribution in [2.75, 3.05) is 35.4 Å². The normalized spacial score (nSPS) is 10.7. The highest BCUT2D eigenvalue weighted by molar-refractivity contribution is 6.08. The van der Waals surface area contributed by atoms with Crippen molar-refractivity contribution in [1.29, 1.82) is 0 Å². The van der Waals surface area contributed by atoms with Crippen molar-refractivity contribution in [2.24, 2.45) is 0 Å².